The van der Waals surface area contributed by atoms with Gasteiger partial charge in [0.1, 0.15) is 0 Å². The van der Waals surface area contributed by atoms with Crippen LogP contribution in [0, 0.1) is 0 Å². The fourth-order valence-corrected chi connectivity index (χ4v) is 5.45. The van der Waals surface area contributed by atoms with Crippen LogP contribution in [-0.2, 0) is 6.18 Å². The molecule has 10 heteroatoms. The second-order valence-electron chi connectivity index (χ2n) is 10.1. The van der Waals surface area contributed by atoms with Crippen molar-refractivity contribution in [1.29, 1.82) is 0 Å². The highest BCUT2D eigenvalue weighted by Gasteiger charge is 2.32. The fraction of sp³-hybridized carbons (Fsp3) is 0.429. The van der Waals surface area contributed by atoms with Crippen LogP contribution >= 0.6 is 0 Å². The van der Waals surface area contributed by atoms with Crippen LogP contribution < -0.4 is 15.5 Å². The summed E-state index contributed by atoms with van der Waals surface area (Å²) in [4.78, 5) is 17.8. The normalized spacial score (nSPS) is 22.3. The lowest BCUT2D eigenvalue weighted by Gasteiger charge is -2.40. The summed E-state index contributed by atoms with van der Waals surface area (Å²) in [5.74, 6) is -0.504. The number of benzene rings is 2. The third-order valence-electron chi connectivity index (χ3n) is 7.41. The summed E-state index contributed by atoms with van der Waals surface area (Å²) in [6.07, 6.45) is 3.39. The molecule has 2 aliphatic rings. The second kappa shape index (κ2) is 11.1. The van der Waals surface area contributed by atoms with Crippen molar-refractivity contribution in [2.24, 2.45) is 0 Å². The van der Waals surface area contributed by atoms with E-state index in [2.05, 4.69) is 20.5 Å². The maximum Gasteiger partial charge on any atom is 0.416 e. The van der Waals surface area contributed by atoms with Crippen LogP contribution in [-0.4, -0.2) is 47.3 Å². The van der Waals surface area contributed by atoms with Crippen molar-refractivity contribution in [3.05, 3.63) is 65.9 Å². The number of rotatable bonds is 7. The summed E-state index contributed by atoms with van der Waals surface area (Å²) in [6, 6.07) is 12.9. The van der Waals surface area contributed by atoms with Crippen molar-refractivity contribution in [2.75, 3.05) is 23.3 Å². The summed E-state index contributed by atoms with van der Waals surface area (Å²) in [6.45, 7) is 1.55. The number of nitrogens with one attached hydrogen (secondary N) is 2. The predicted molar refractivity (Wildman–Crippen MR) is 138 cm³/mol. The molecule has 1 aliphatic carbocycles. The molecule has 5 rings (SSSR count). The first-order chi connectivity index (χ1) is 18.3. The van der Waals surface area contributed by atoms with Gasteiger partial charge in [0.25, 0.3) is 6.01 Å². The lowest BCUT2D eigenvalue weighted by atomic mass is 9.89. The molecular weight excluding hydrogens is 497 g/mol. The van der Waals surface area contributed by atoms with E-state index in [-0.39, 0.29) is 23.7 Å². The number of piperidine rings is 1. The first-order valence-electron chi connectivity index (χ1n) is 13.0. The number of carboxylic acids is 1. The van der Waals surface area contributed by atoms with Gasteiger partial charge in [-0.2, -0.15) is 13.2 Å². The molecule has 0 spiro atoms. The van der Waals surface area contributed by atoms with Gasteiger partial charge in [0.05, 0.1) is 17.3 Å². The van der Waals surface area contributed by atoms with Gasteiger partial charge < -0.3 is 25.1 Å². The SMILES string of the molecule is O=C(O)c1cccc(-c2cnc(NC3CCCC[C@H]3N[C@H]3CCCN(c4ccc(C(F)(F)F)cc4)C3)o2)c1. The predicted octanol–water partition coefficient (Wildman–Crippen LogP) is 6.04. The largest absolute Gasteiger partial charge is 0.478 e. The topological polar surface area (TPSA) is 90.6 Å². The molecule has 0 amide bonds. The molecule has 7 nitrogen and oxygen atoms in total. The molecule has 0 radical (unpaired) electrons. The summed E-state index contributed by atoms with van der Waals surface area (Å²) in [5.41, 5.74) is 1.01. The molecule has 2 aromatic carbocycles. The molecule has 1 saturated heterocycles. The maximum absolute atomic E-state index is 12.9. The molecule has 1 aromatic heterocycles. The number of aromatic nitrogens is 1. The Morgan fingerprint density at radius 1 is 1.03 bits per heavy atom. The Labute approximate surface area is 219 Å². The maximum atomic E-state index is 12.9. The number of hydrogen-bond acceptors (Lipinski definition) is 6. The Kier molecular flexibility index (Phi) is 7.60. The summed E-state index contributed by atoms with van der Waals surface area (Å²) >= 11 is 0. The molecule has 1 unspecified atom stereocenters. The zero-order chi connectivity index (χ0) is 26.7. The van der Waals surface area contributed by atoms with Crippen LogP contribution in [0.5, 0.6) is 0 Å². The highest BCUT2D eigenvalue weighted by Crippen LogP contribution is 2.32. The van der Waals surface area contributed by atoms with E-state index in [0.29, 0.717) is 17.3 Å². The lowest BCUT2D eigenvalue weighted by Crippen LogP contribution is -2.54. The molecule has 1 saturated carbocycles. The second-order valence-corrected chi connectivity index (χ2v) is 10.1. The van der Waals surface area contributed by atoms with Crippen molar-refractivity contribution in [1.82, 2.24) is 10.3 Å². The van der Waals surface area contributed by atoms with Crippen LogP contribution in [0.4, 0.5) is 24.9 Å². The van der Waals surface area contributed by atoms with E-state index in [9.17, 15) is 23.1 Å². The molecule has 0 bridgehead atoms. The average molecular weight is 529 g/mol. The van der Waals surface area contributed by atoms with Crippen molar-refractivity contribution in [3.8, 4) is 11.3 Å². The van der Waals surface area contributed by atoms with Gasteiger partial charge in [-0.15, -0.1) is 0 Å². The van der Waals surface area contributed by atoms with Crippen LogP contribution in [0.2, 0.25) is 0 Å². The third-order valence-corrected chi connectivity index (χ3v) is 7.41. The van der Waals surface area contributed by atoms with Crippen LogP contribution in [0.3, 0.4) is 0 Å². The summed E-state index contributed by atoms with van der Waals surface area (Å²) in [5, 5.41) is 16.5. The number of carboxylic acid groups (broad SMARTS) is 1. The number of hydrogen-bond donors (Lipinski definition) is 3. The monoisotopic (exact) mass is 528 g/mol. The first kappa shape index (κ1) is 26.1. The highest BCUT2D eigenvalue weighted by molar-refractivity contribution is 5.89. The minimum atomic E-state index is -4.33. The van der Waals surface area contributed by atoms with Gasteiger partial charge in [0.2, 0.25) is 0 Å². The van der Waals surface area contributed by atoms with Gasteiger partial charge in [-0.3, -0.25) is 0 Å². The van der Waals surface area contributed by atoms with Crippen molar-refractivity contribution in [3.63, 3.8) is 0 Å². The molecular formula is C28H31F3N4O3. The number of oxazole rings is 1. The number of carbonyl (C=O) groups is 1. The van der Waals surface area contributed by atoms with E-state index in [0.717, 1.165) is 69.4 Å². The Morgan fingerprint density at radius 3 is 2.53 bits per heavy atom. The van der Waals surface area contributed by atoms with Crippen molar-refractivity contribution in [2.45, 2.75) is 62.8 Å². The average Bonchev–Trinajstić information content (AvgIpc) is 3.38. The number of aromatic carboxylic acids is 1. The number of anilines is 2. The van der Waals surface area contributed by atoms with Crippen LogP contribution in [0.25, 0.3) is 11.3 Å². The van der Waals surface area contributed by atoms with E-state index in [1.54, 1.807) is 36.5 Å². The summed E-state index contributed by atoms with van der Waals surface area (Å²) in [7, 11) is 0. The van der Waals surface area contributed by atoms with E-state index in [1.165, 1.54) is 6.07 Å². The molecule has 202 valence electrons. The molecule has 3 aromatic rings. The minimum Gasteiger partial charge on any atom is -0.478 e. The van der Waals surface area contributed by atoms with Gasteiger partial charge >= 0.3 is 12.1 Å². The zero-order valence-electron chi connectivity index (χ0n) is 20.9. The molecule has 3 atom stereocenters. The van der Waals surface area contributed by atoms with E-state index >= 15 is 0 Å². The van der Waals surface area contributed by atoms with Gasteiger partial charge in [-0.05, 0) is 62.1 Å². The number of nitrogens with zero attached hydrogens (tertiary/aromatic N) is 2. The van der Waals surface area contributed by atoms with E-state index in [4.69, 9.17) is 4.42 Å². The minimum absolute atomic E-state index is 0.113. The van der Waals surface area contributed by atoms with Crippen molar-refractivity contribution >= 4 is 17.7 Å². The lowest BCUT2D eigenvalue weighted by molar-refractivity contribution is -0.137. The smallest absolute Gasteiger partial charge is 0.416 e. The van der Waals surface area contributed by atoms with E-state index in [1.807, 2.05) is 0 Å². The fourth-order valence-electron chi connectivity index (χ4n) is 5.45. The van der Waals surface area contributed by atoms with Gasteiger partial charge in [0.15, 0.2) is 5.76 Å². The Hall–Kier alpha value is -3.53. The third kappa shape index (κ3) is 6.12. The zero-order valence-corrected chi connectivity index (χ0v) is 20.9. The first-order valence-corrected chi connectivity index (χ1v) is 13.0. The molecule has 2 heterocycles. The molecule has 1 aliphatic heterocycles. The van der Waals surface area contributed by atoms with Gasteiger partial charge in [0, 0.05) is 42.5 Å². The van der Waals surface area contributed by atoms with Gasteiger partial charge in [-0.1, -0.05) is 25.0 Å². The Bertz CT molecular complexity index is 1240. The number of halogens is 3. The Morgan fingerprint density at radius 2 is 1.79 bits per heavy atom. The van der Waals surface area contributed by atoms with Gasteiger partial charge in [-0.25, -0.2) is 9.78 Å². The standard InChI is InChI=1S/C28H31F3N4O3/c29-28(30,31)20-10-12-22(13-11-20)35-14-4-7-21(17-35)33-23-8-1-2-9-24(23)34-27-32-16-25(38-27)18-5-3-6-19(15-18)26(36)37/h3,5-6,10-13,15-16,21,23-24,33H,1-2,4,7-9,14,17H2,(H,32,34)(H,36,37)/t21-,23+,24?/m0/s1. The highest BCUT2D eigenvalue weighted by atomic mass is 19.4. The van der Waals surface area contributed by atoms with Crippen LogP contribution in [0.1, 0.15) is 54.4 Å². The molecule has 2 fully saturated rings. The Balaban J connectivity index is 1.22. The number of alkyl halides is 3. The quantitative estimate of drug-likeness (QED) is 0.344. The van der Waals surface area contributed by atoms with Crippen molar-refractivity contribution < 1.29 is 27.5 Å². The van der Waals surface area contributed by atoms with Crippen LogP contribution in [0.15, 0.2) is 59.1 Å². The summed E-state index contributed by atoms with van der Waals surface area (Å²) < 4.78 is 44.8. The van der Waals surface area contributed by atoms with E-state index < -0.39 is 17.7 Å². The molecule has 3 N–H and O–H groups in total. The molecule has 38 heavy (non-hydrogen) atoms.